The van der Waals surface area contributed by atoms with Gasteiger partial charge in [-0.1, -0.05) is 23.3 Å². The predicted octanol–water partition coefficient (Wildman–Crippen LogP) is 2.04. The number of rotatable bonds is 7. The second-order valence-corrected chi connectivity index (χ2v) is 5.75. The molecule has 0 unspecified atom stereocenters. The van der Waals surface area contributed by atoms with Crippen molar-refractivity contribution >= 4 is 11.6 Å². The molecule has 6 nitrogen and oxygen atoms in total. The molecule has 0 N–H and O–H groups in total. The Morgan fingerprint density at radius 2 is 2.05 bits per heavy atom. The molecule has 21 heavy (non-hydrogen) atoms. The van der Waals surface area contributed by atoms with Crippen molar-refractivity contribution in [3.8, 4) is 0 Å². The van der Waals surface area contributed by atoms with Crippen LogP contribution < -0.4 is 0 Å². The number of halogens is 1. The molecule has 2 heterocycles. The van der Waals surface area contributed by atoms with Crippen LogP contribution in [0.2, 0.25) is 0 Å². The smallest absolute Gasteiger partial charge is 0.240 e. The summed E-state index contributed by atoms with van der Waals surface area (Å²) in [6, 6.07) is 0. The molecule has 1 aliphatic heterocycles. The van der Waals surface area contributed by atoms with E-state index < -0.39 is 0 Å². The zero-order chi connectivity index (χ0) is 15.2. The molecule has 7 heteroatoms. The fourth-order valence-corrected chi connectivity index (χ4v) is 2.53. The van der Waals surface area contributed by atoms with Gasteiger partial charge in [-0.25, -0.2) is 0 Å². The first-order valence-corrected chi connectivity index (χ1v) is 7.68. The van der Waals surface area contributed by atoms with Crippen LogP contribution in [0.25, 0.3) is 0 Å². The van der Waals surface area contributed by atoms with Gasteiger partial charge in [-0.05, 0) is 13.8 Å². The minimum atomic E-state index is -0.126. The van der Waals surface area contributed by atoms with Gasteiger partial charge in [0.25, 0.3) is 0 Å². The molecule has 0 spiro atoms. The normalized spacial score (nSPS) is 18.8. The Balaban J connectivity index is 1.79. The van der Waals surface area contributed by atoms with Gasteiger partial charge in [-0.2, -0.15) is 4.98 Å². The Kier molecular flexibility index (Phi) is 6.17. The molecule has 1 aromatic rings. The number of ether oxygens (including phenoxy) is 1. The Morgan fingerprint density at radius 3 is 2.67 bits per heavy atom. The zero-order valence-corrected chi connectivity index (χ0v) is 13.5. The van der Waals surface area contributed by atoms with E-state index in [1.165, 1.54) is 0 Å². The molecule has 0 aromatic carbocycles. The van der Waals surface area contributed by atoms with Crippen molar-refractivity contribution in [1.82, 2.24) is 19.9 Å². The number of hydrogen-bond acceptors (Lipinski definition) is 6. The van der Waals surface area contributed by atoms with Crippen molar-refractivity contribution < 1.29 is 9.26 Å². The molecule has 0 saturated carbocycles. The zero-order valence-electron chi connectivity index (χ0n) is 12.7. The van der Waals surface area contributed by atoms with Gasteiger partial charge in [0.1, 0.15) is 6.10 Å². The summed E-state index contributed by atoms with van der Waals surface area (Å²) in [7, 11) is 0. The molecule has 118 valence electrons. The summed E-state index contributed by atoms with van der Waals surface area (Å²) in [5.41, 5.74) is 0. The summed E-state index contributed by atoms with van der Waals surface area (Å²) in [5.74, 6) is 1.26. The molecule has 1 fully saturated rings. The molecule has 1 aliphatic rings. The van der Waals surface area contributed by atoms with E-state index in [1.54, 1.807) is 0 Å². The van der Waals surface area contributed by atoms with Crippen molar-refractivity contribution in [2.24, 2.45) is 0 Å². The number of hydrogen-bond donors (Lipinski definition) is 0. The molecule has 2 rings (SSSR count). The maximum atomic E-state index is 5.84. The quantitative estimate of drug-likeness (QED) is 0.767. The first-order chi connectivity index (χ1) is 10.1. The SMILES string of the molecule is C=C(Cl)CN1CCN(Cc2nc([C@H](C)OCC)no2)CC1. The van der Waals surface area contributed by atoms with Crippen molar-refractivity contribution in [2.75, 3.05) is 39.3 Å². The highest BCUT2D eigenvalue weighted by Gasteiger charge is 2.20. The Morgan fingerprint density at radius 1 is 1.38 bits per heavy atom. The van der Waals surface area contributed by atoms with Crippen LogP contribution in [0.15, 0.2) is 16.1 Å². The predicted molar refractivity (Wildman–Crippen MR) is 81.0 cm³/mol. The lowest BCUT2D eigenvalue weighted by Gasteiger charge is -2.33. The molecular formula is C14H23ClN4O2. The number of aromatic nitrogens is 2. The maximum absolute atomic E-state index is 5.84. The maximum Gasteiger partial charge on any atom is 0.240 e. The second kappa shape index (κ2) is 7.89. The summed E-state index contributed by atoms with van der Waals surface area (Å²) < 4.78 is 10.8. The summed E-state index contributed by atoms with van der Waals surface area (Å²) in [6.45, 7) is 13.6. The van der Waals surface area contributed by atoms with Crippen molar-refractivity contribution in [1.29, 1.82) is 0 Å². The van der Waals surface area contributed by atoms with E-state index >= 15 is 0 Å². The Hall–Kier alpha value is -0.950. The molecule has 0 bridgehead atoms. The van der Waals surface area contributed by atoms with Crippen molar-refractivity contribution in [3.05, 3.63) is 23.3 Å². The molecular weight excluding hydrogens is 292 g/mol. The highest BCUT2D eigenvalue weighted by Crippen LogP contribution is 2.14. The van der Waals surface area contributed by atoms with Crippen LogP contribution in [0, 0.1) is 0 Å². The largest absolute Gasteiger partial charge is 0.371 e. The summed E-state index contributed by atoms with van der Waals surface area (Å²) in [6.07, 6.45) is -0.126. The van der Waals surface area contributed by atoms with Gasteiger partial charge in [0.15, 0.2) is 5.82 Å². The van der Waals surface area contributed by atoms with Crippen LogP contribution in [0.5, 0.6) is 0 Å². The highest BCUT2D eigenvalue weighted by atomic mass is 35.5. The van der Waals surface area contributed by atoms with Gasteiger partial charge >= 0.3 is 0 Å². The van der Waals surface area contributed by atoms with E-state index in [0.29, 0.717) is 29.9 Å². The molecule has 1 atom stereocenters. The monoisotopic (exact) mass is 314 g/mol. The van der Waals surface area contributed by atoms with Crippen LogP contribution >= 0.6 is 11.6 Å². The van der Waals surface area contributed by atoms with Crippen LogP contribution in [0.4, 0.5) is 0 Å². The Bertz CT molecular complexity index is 458. The average molecular weight is 315 g/mol. The summed E-state index contributed by atoms with van der Waals surface area (Å²) in [5, 5.41) is 4.67. The van der Waals surface area contributed by atoms with Crippen LogP contribution in [-0.4, -0.2) is 59.3 Å². The van der Waals surface area contributed by atoms with Gasteiger partial charge in [-0.15, -0.1) is 0 Å². The lowest BCUT2D eigenvalue weighted by atomic mass is 10.3. The molecule has 1 aromatic heterocycles. The number of piperazine rings is 1. The Labute approximate surface area is 130 Å². The minimum absolute atomic E-state index is 0.126. The van der Waals surface area contributed by atoms with Gasteiger partial charge in [-0.3, -0.25) is 9.80 Å². The third kappa shape index (κ3) is 5.07. The van der Waals surface area contributed by atoms with Gasteiger partial charge in [0, 0.05) is 44.4 Å². The van der Waals surface area contributed by atoms with Crippen LogP contribution in [0.1, 0.15) is 31.7 Å². The molecule has 0 radical (unpaired) electrons. The minimum Gasteiger partial charge on any atom is -0.371 e. The standard InChI is InChI=1S/C14H23ClN4O2/c1-4-20-12(3)14-16-13(21-17-14)10-19-7-5-18(6-8-19)9-11(2)15/h12H,2,4-10H2,1,3H3/t12-/m0/s1. The summed E-state index contributed by atoms with van der Waals surface area (Å²) >= 11 is 5.84. The fourth-order valence-electron chi connectivity index (χ4n) is 2.36. The van der Waals surface area contributed by atoms with E-state index in [-0.39, 0.29) is 6.10 Å². The lowest BCUT2D eigenvalue weighted by molar-refractivity contribution is 0.0683. The second-order valence-electron chi connectivity index (χ2n) is 5.21. The van der Waals surface area contributed by atoms with Gasteiger partial charge in [0.2, 0.25) is 5.89 Å². The molecule has 0 aliphatic carbocycles. The van der Waals surface area contributed by atoms with Crippen LogP contribution in [-0.2, 0) is 11.3 Å². The third-order valence-corrected chi connectivity index (χ3v) is 3.60. The number of nitrogens with zero attached hydrogens (tertiary/aromatic N) is 4. The summed E-state index contributed by atoms with van der Waals surface area (Å²) in [4.78, 5) is 8.99. The van der Waals surface area contributed by atoms with E-state index in [9.17, 15) is 0 Å². The van der Waals surface area contributed by atoms with Gasteiger partial charge < -0.3 is 9.26 Å². The average Bonchev–Trinajstić information content (AvgIpc) is 2.89. The van der Waals surface area contributed by atoms with Crippen LogP contribution in [0.3, 0.4) is 0 Å². The third-order valence-electron chi connectivity index (χ3n) is 3.48. The topological polar surface area (TPSA) is 54.6 Å². The van der Waals surface area contributed by atoms with Crippen molar-refractivity contribution in [3.63, 3.8) is 0 Å². The lowest BCUT2D eigenvalue weighted by Crippen LogP contribution is -2.46. The first kappa shape index (κ1) is 16.4. The van der Waals surface area contributed by atoms with E-state index in [1.807, 2.05) is 13.8 Å². The van der Waals surface area contributed by atoms with E-state index in [2.05, 4.69) is 26.5 Å². The van der Waals surface area contributed by atoms with Gasteiger partial charge in [0.05, 0.1) is 6.54 Å². The van der Waals surface area contributed by atoms with Crippen molar-refractivity contribution in [2.45, 2.75) is 26.5 Å². The highest BCUT2D eigenvalue weighted by molar-refractivity contribution is 6.29. The first-order valence-electron chi connectivity index (χ1n) is 7.30. The van der Waals surface area contributed by atoms with E-state index in [4.69, 9.17) is 20.9 Å². The van der Waals surface area contributed by atoms with E-state index in [0.717, 1.165) is 32.7 Å². The fraction of sp³-hybridized carbons (Fsp3) is 0.714. The molecule has 0 amide bonds. The molecule has 1 saturated heterocycles.